The second kappa shape index (κ2) is 7.18. The number of ether oxygens (including phenoxy) is 1. The molecule has 0 aromatic carbocycles. The molecule has 0 bridgehead atoms. The van der Waals surface area contributed by atoms with Gasteiger partial charge in [-0.3, -0.25) is 9.78 Å². The van der Waals surface area contributed by atoms with Crippen LogP contribution in [0.1, 0.15) is 39.2 Å². The largest absolute Gasteiger partial charge is 0.386 e. The van der Waals surface area contributed by atoms with Crippen molar-refractivity contribution in [1.82, 2.24) is 25.0 Å². The number of pyridine rings is 1. The van der Waals surface area contributed by atoms with Crippen LogP contribution in [0.15, 0.2) is 18.3 Å². The van der Waals surface area contributed by atoms with Gasteiger partial charge in [0.1, 0.15) is 17.0 Å². The van der Waals surface area contributed by atoms with E-state index in [2.05, 4.69) is 27.5 Å². The van der Waals surface area contributed by atoms with Crippen molar-refractivity contribution in [3.05, 3.63) is 23.9 Å². The molecule has 1 aliphatic rings. The number of hydrogen-bond donors (Lipinski definition) is 3. The first-order valence-corrected chi connectivity index (χ1v) is 9.83. The normalized spacial score (nSPS) is 20.6. The van der Waals surface area contributed by atoms with E-state index in [1.165, 1.54) is 0 Å². The molecule has 0 spiro atoms. The molecular weight excluding hydrogens is 356 g/mol. The fourth-order valence-corrected chi connectivity index (χ4v) is 3.97. The third-order valence-electron chi connectivity index (χ3n) is 5.54. The Morgan fingerprint density at radius 2 is 2.25 bits per heavy atom. The molecule has 8 heteroatoms. The van der Waals surface area contributed by atoms with Crippen LogP contribution >= 0.6 is 0 Å². The molecule has 3 N–H and O–H groups in total. The smallest absolute Gasteiger partial charge is 0.136 e. The zero-order valence-electron chi connectivity index (χ0n) is 16.9. The van der Waals surface area contributed by atoms with Crippen molar-refractivity contribution < 1.29 is 9.84 Å². The van der Waals surface area contributed by atoms with Crippen molar-refractivity contribution in [2.24, 2.45) is 13.0 Å². The summed E-state index contributed by atoms with van der Waals surface area (Å²) in [6.45, 7) is 7.28. The van der Waals surface area contributed by atoms with Crippen LogP contribution in [-0.2, 0) is 17.4 Å². The Morgan fingerprint density at radius 1 is 1.43 bits per heavy atom. The predicted molar refractivity (Wildman–Crippen MR) is 108 cm³/mol. The fourth-order valence-electron chi connectivity index (χ4n) is 3.97. The van der Waals surface area contributed by atoms with Crippen molar-refractivity contribution in [3.8, 4) is 11.4 Å². The van der Waals surface area contributed by atoms with Gasteiger partial charge < -0.3 is 15.2 Å². The lowest BCUT2D eigenvalue weighted by molar-refractivity contribution is 0.0454. The summed E-state index contributed by atoms with van der Waals surface area (Å²) < 4.78 is 7.41. The van der Waals surface area contributed by atoms with Crippen molar-refractivity contribution in [3.63, 3.8) is 0 Å². The lowest BCUT2D eigenvalue weighted by atomic mass is 9.93. The van der Waals surface area contributed by atoms with Crippen LogP contribution in [0, 0.1) is 5.92 Å². The van der Waals surface area contributed by atoms with Gasteiger partial charge in [-0.1, -0.05) is 6.92 Å². The number of aromatic nitrogens is 5. The number of hydrogen-bond acceptors (Lipinski definition) is 6. The first-order chi connectivity index (χ1) is 13.4. The number of aromatic amines is 1. The number of rotatable bonds is 5. The molecule has 3 aromatic heterocycles. The van der Waals surface area contributed by atoms with Gasteiger partial charge in [-0.25, -0.2) is 4.98 Å². The molecule has 2 unspecified atom stereocenters. The minimum absolute atomic E-state index is 0.297. The van der Waals surface area contributed by atoms with E-state index < -0.39 is 5.60 Å². The van der Waals surface area contributed by atoms with Crippen LogP contribution < -0.4 is 5.32 Å². The predicted octanol–water partition coefficient (Wildman–Crippen LogP) is 2.81. The Labute approximate surface area is 164 Å². The Hall–Kier alpha value is -2.45. The molecule has 4 heterocycles. The monoisotopic (exact) mass is 384 g/mol. The molecule has 3 aromatic rings. The van der Waals surface area contributed by atoms with Crippen LogP contribution in [0.2, 0.25) is 0 Å². The molecule has 28 heavy (non-hydrogen) atoms. The molecule has 0 saturated carbocycles. The third-order valence-corrected chi connectivity index (χ3v) is 5.54. The Morgan fingerprint density at radius 3 is 2.93 bits per heavy atom. The van der Waals surface area contributed by atoms with Gasteiger partial charge in [0, 0.05) is 37.4 Å². The second-order valence-corrected chi connectivity index (χ2v) is 8.04. The van der Waals surface area contributed by atoms with Gasteiger partial charge >= 0.3 is 0 Å². The second-order valence-electron chi connectivity index (χ2n) is 8.04. The van der Waals surface area contributed by atoms with Gasteiger partial charge in [0.15, 0.2) is 0 Å². The molecule has 150 valence electrons. The van der Waals surface area contributed by atoms with Crippen molar-refractivity contribution in [2.75, 3.05) is 18.5 Å². The van der Waals surface area contributed by atoms with E-state index in [0.717, 1.165) is 59.9 Å². The number of fused-ring (bicyclic) bond motifs is 1. The van der Waals surface area contributed by atoms with E-state index >= 15 is 0 Å². The summed E-state index contributed by atoms with van der Waals surface area (Å²) >= 11 is 0. The number of H-pyrrole nitrogens is 1. The first kappa shape index (κ1) is 18.9. The van der Waals surface area contributed by atoms with Gasteiger partial charge in [-0.05, 0) is 38.8 Å². The highest BCUT2D eigenvalue weighted by atomic mass is 16.5. The summed E-state index contributed by atoms with van der Waals surface area (Å²) in [5.41, 5.74) is 2.85. The van der Waals surface area contributed by atoms with Gasteiger partial charge in [-0.2, -0.15) is 10.2 Å². The van der Waals surface area contributed by atoms with Crippen LogP contribution in [0.5, 0.6) is 0 Å². The fraction of sp³-hybridized carbons (Fsp3) is 0.550. The van der Waals surface area contributed by atoms with E-state index in [1.54, 1.807) is 24.7 Å². The number of nitrogens with one attached hydrogen (secondary N) is 2. The highest BCUT2D eigenvalue weighted by Crippen LogP contribution is 2.34. The SMILES string of the molecule is CCC1COCCC1Nc1cc(C(C)(C)O)c2c(n1)c(-c1ccn[nH]1)nn2C. The Bertz CT molecular complexity index is 957. The molecular formula is C20H28N6O2. The average Bonchev–Trinajstić information content (AvgIpc) is 3.29. The molecule has 0 radical (unpaired) electrons. The van der Waals surface area contributed by atoms with Crippen LogP contribution in [0.3, 0.4) is 0 Å². The minimum Gasteiger partial charge on any atom is -0.386 e. The Kier molecular flexibility index (Phi) is 4.84. The van der Waals surface area contributed by atoms with E-state index in [1.807, 2.05) is 19.2 Å². The van der Waals surface area contributed by atoms with Crippen molar-refractivity contribution in [1.29, 1.82) is 0 Å². The summed E-state index contributed by atoms with van der Waals surface area (Å²) in [5, 5.41) is 26.1. The summed E-state index contributed by atoms with van der Waals surface area (Å²) in [5.74, 6) is 1.20. The highest BCUT2D eigenvalue weighted by Gasteiger charge is 2.28. The summed E-state index contributed by atoms with van der Waals surface area (Å²) in [4.78, 5) is 4.89. The molecule has 2 atom stereocenters. The Balaban J connectivity index is 1.84. The number of anilines is 1. The molecule has 4 rings (SSSR count). The first-order valence-electron chi connectivity index (χ1n) is 9.83. The quantitative estimate of drug-likeness (QED) is 0.625. The molecule has 8 nitrogen and oxygen atoms in total. The zero-order chi connectivity index (χ0) is 19.9. The topological polar surface area (TPSA) is 101 Å². The number of aliphatic hydroxyl groups is 1. The number of nitrogens with zero attached hydrogens (tertiary/aromatic N) is 4. The maximum absolute atomic E-state index is 10.8. The van der Waals surface area contributed by atoms with E-state index in [4.69, 9.17) is 9.72 Å². The van der Waals surface area contributed by atoms with E-state index in [-0.39, 0.29) is 0 Å². The molecule has 1 aliphatic heterocycles. The van der Waals surface area contributed by atoms with Crippen LogP contribution in [0.25, 0.3) is 22.4 Å². The highest BCUT2D eigenvalue weighted by molar-refractivity contribution is 5.92. The standard InChI is InChI=1S/C20H28N6O2/c1-5-12-11-28-9-7-14(12)22-16-10-13(20(2,3)27)19-18(23-16)17(25-26(19)4)15-6-8-21-24-15/h6,8,10,12,14,27H,5,7,9,11H2,1-4H3,(H,21,24)(H,22,23). The zero-order valence-corrected chi connectivity index (χ0v) is 16.9. The van der Waals surface area contributed by atoms with E-state index in [9.17, 15) is 5.11 Å². The maximum atomic E-state index is 10.8. The van der Waals surface area contributed by atoms with Crippen molar-refractivity contribution in [2.45, 2.75) is 45.3 Å². The average molecular weight is 384 g/mol. The molecule has 1 fully saturated rings. The number of aryl methyl sites for hydroxylation is 1. The van der Waals surface area contributed by atoms with Gasteiger partial charge in [0.05, 0.1) is 23.4 Å². The minimum atomic E-state index is -1.03. The molecule has 0 aliphatic carbocycles. The van der Waals surface area contributed by atoms with Gasteiger partial charge in [-0.15, -0.1) is 0 Å². The lowest BCUT2D eigenvalue weighted by Gasteiger charge is -2.32. The molecule has 1 saturated heterocycles. The lowest BCUT2D eigenvalue weighted by Crippen LogP contribution is -2.37. The maximum Gasteiger partial charge on any atom is 0.136 e. The summed E-state index contributed by atoms with van der Waals surface area (Å²) in [6, 6.07) is 4.12. The molecule has 0 amide bonds. The van der Waals surface area contributed by atoms with E-state index in [0.29, 0.717) is 12.0 Å². The summed E-state index contributed by atoms with van der Waals surface area (Å²) in [7, 11) is 1.87. The summed E-state index contributed by atoms with van der Waals surface area (Å²) in [6.07, 6.45) is 3.68. The van der Waals surface area contributed by atoms with Gasteiger partial charge in [0.2, 0.25) is 0 Å². The van der Waals surface area contributed by atoms with Crippen LogP contribution in [-0.4, -0.2) is 49.3 Å². The van der Waals surface area contributed by atoms with Crippen molar-refractivity contribution >= 4 is 16.9 Å². The van der Waals surface area contributed by atoms with Gasteiger partial charge in [0.25, 0.3) is 0 Å². The van der Waals surface area contributed by atoms with Crippen LogP contribution in [0.4, 0.5) is 5.82 Å². The third kappa shape index (κ3) is 3.38.